The molecule has 0 spiro atoms. The maximum absolute atomic E-state index is 3.75. The molecule has 15 heavy (non-hydrogen) atoms. The molecule has 0 N–H and O–H groups in total. The summed E-state index contributed by atoms with van der Waals surface area (Å²) in [5.41, 5.74) is 1.34. The lowest BCUT2D eigenvalue weighted by Crippen LogP contribution is -2.44. The zero-order chi connectivity index (χ0) is 11.1. The van der Waals surface area contributed by atoms with Crippen molar-refractivity contribution in [2.75, 3.05) is 39.8 Å². The molecule has 1 fully saturated rings. The normalized spacial score (nSPS) is 21.1. The molecule has 0 bridgehead atoms. The van der Waals surface area contributed by atoms with Crippen LogP contribution in [-0.2, 0) is 0 Å². The lowest BCUT2D eigenvalue weighted by Gasteiger charge is -2.32. The van der Waals surface area contributed by atoms with Gasteiger partial charge in [-0.2, -0.15) is 0 Å². The average Bonchev–Trinajstić information content (AvgIpc) is 2.22. The van der Waals surface area contributed by atoms with Gasteiger partial charge in [0, 0.05) is 32.7 Å². The fourth-order valence-corrected chi connectivity index (χ4v) is 1.79. The highest BCUT2D eigenvalue weighted by atomic mass is 15.2. The van der Waals surface area contributed by atoms with E-state index in [4.69, 9.17) is 0 Å². The van der Waals surface area contributed by atoms with Crippen LogP contribution in [0.15, 0.2) is 36.5 Å². The molecule has 1 aliphatic heterocycles. The summed E-state index contributed by atoms with van der Waals surface area (Å²) in [6.07, 6.45) is 8.22. The molecule has 0 aliphatic carbocycles. The minimum Gasteiger partial charge on any atom is -0.304 e. The Morgan fingerprint density at radius 1 is 1.27 bits per heavy atom. The summed E-state index contributed by atoms with van der Waals surface area (Å²) in [5, 5.41) is 0. The minimum atomic E-state index is 1.05. The van der Waals surface area contributed by atoms with Gasteiger partial charge in [-0.15, -0.1) is 0 Å². The van der Waals surface area contributed by atoms with Gasteiger partial charge in [0.2, 0.25) is 0 Å². The second-order valence-electron chi connectivity index (χ2n) is 4.06. The Labute approximate surface area is 93.6 Å². The third-order valence-electron chi connectivity index (χ3n) is 2.71. The van der Waals surface area contributed by atoms with Crippen molar-refractivity contribution in [2.45, 2.75) is 6.92 Å². The Balaban J connectivity index is 2.44. The molecule has 84 valence electrons. The van der Waals surface area contributed by atoms with Gasteiger partial charge >= 0.3 is 0 Å². The number of nitrogens with zero attached hydrogens (tertiary/aromatic N) is 2. The summed E-state index contributed by atoms with van der Waals surface area (Å²) in [4.78, 5) is 4.87. The molecule has 0 aromatic carbocycles. The Kier molecular flexibility index (Phi) is 5.37. The highest BCUT2D eigenvalue weighted by Crippen LogP contribution is 2.05. The van der Waals surface area contributed by atoms with Crippen LogP contribution >= 0.6 is 0 Å². The van der Waals surface area contributed by atoms with Gasteiger partial charge in [0.25, 0.3) is 0 Å². The first-order chi connectivity index (χ1) is 7.26. The summed E-state index contributed by atoms with van der Waals surface area (Å²) < 4.78 is 0. The highest BCUT2D eigenvalue weighted by molar-refractivity contribution is 5.24. The molecule has 0 saturated carbocycles. The van der Waals surface area contributed by atoms with Crippen LogP contribution in [0, 0.1) is 0 Å². The Hall–Kier alpha value is -0.860. The van der Waals surface area contributed by atoms with E-state index in [-0.39, 0.29) is 0 Å². The lowest BCUT2D eigenvalue weighted by atomic mass is 10.2. The van der Waals surface area contributed by atoms with Gasteiger partial charge in [-0.1, -0.05) is 30.9 Å². The monoisotopic (exact) mass is 206 g/mol. The van der Waals surface area contributed by atoms with Crippen LogP contribution in [0.1, 0.15) is 6.92 Å². The van der Waals surface area contributed by atoms with E-state index >= 15 is 0 Å². The number of piperazine rings is 1. The van der Waals surface area contributed by atoms with E-state index in [0.29, 0.717) is 0 Å². The van der Waals surface area contributed by atoms with Crippen LogP contribution in [0.4, 0.5) is 0 Å². The summed E-state index contributed by atoms with van der Waals surface area (Å²) in [5.74, 6) is 0. The van der Waals surface area contributed by atoms with Gasteiger partial charge in [-0.3, -0.25) is 4.90 Å². The lowest BCUT2D eigenvalue weighted by molar-refractivity contribution is 0.165. The van der Waals surface area contributed by atoms with E-state index < -0.39 is 0 Å². The van der Waals surface area contributed by atoms with Crippen molar-refractivity contribution in [2.24, 2.45) is 0 Å². The van der Waals surface area contributed by atoms with Gasteiger partial charge in [0.15, 0.2) is 0 Å². The quantitative estimate of drug-likeness (QED) is 0.648. The van der Waals surface area contributed by atoms with E-state index in [9.17, 15) is 0 Å². The molecule has 2 heteroatoms. The summed E-state index contributed by atoms with van der Waals surface area (Å²) >= 11 is 0. The molecule has 0 unspecified atom stereocenters. The number of allylic oxidation sites excluding steroid dienone is 3. The molecule has 1 heterocycles. The van der Waals surface area contributed by atoms with Gasteiger partial charge in [-0.05, 0) is 19.5 Å². The van der Waals surface area contributed by atoms with Crippen molar-refractivity contribution in [3.05, 3.63) is 36.5 Å². The third kappa shape index (κ3) is 4.45. The molecular weight excluding hydrogens is 184 g/mol. The predicted octanol–water partition coefficient (Wildman–Crippen LogP) is 1.92. The SMILES string of the molecule is C=C/C=C(\C=C/C)CN1CCN(C)CC1. The topological polar surface area (TPSA) is 6.48 Å². The molecule has 0 amide bonds. The molecule has 2 nitrogen and oxygen atoms in total. The number of rotatable bonds is 4. The molecule has 0 aromatic rings. The molecule has 0 radical (unpaired) electrons. The van der Waals surface area contributed by atoms with Crippen LogP contribution in [-0.4, -0.2) is 49.6 Å². The second-order valence-corrected chi connectivity index (χ2v) is 4.06. The Bertz CT molecular complexity index is 245. The van der Waals surface area contributed by atoms with E-state index in [1.807, 2.05) is 6.08 Å². The van der Waals surface area contributed by atoms with E-state index in [1.165, 1.54) is 31.8 Å². The van der Waals surface area contributed by atoms with Crippen molar-refractivity contribution < 1.29 is 0 Å². The smallest absolute Gasteiger partial charge is 0.0234 e. The second kappa shape index (κ2) is 6.59. The zero-order valence-corrected chi connectivity index (χ0v) is 9.95. The van der Waals surface area contributed by atoms with Crippen LogP contribution in [0.25, 0.3) is 0 Å². The fourth-order valence-electron chi connectivity index (χ4n) is 1.79. The van der Waals surface area contributed by atoms with Crippen molar-refractivity contribution >= 4 is 0 Å². The van der Waals surface area contributed by atoms with Crippen molar-refractivity contribution in [1.82, 2.24) is 9.80 Å². The third-order valence-corrected chi connectivity index (χ3v) is 2.71. The number of hydrogen-bond acceptors (Lipinski definition) is 2. The van der Waals surface area contributed by atoms with Gasteiger partial charge < -0.3 is 4.90 Å². The van der Waals surface area contributed by atoms with E-state index in [0.717, 1.165) is 6.54 Å². The fraction of sp³-hybridized carbons (Fsp3) is 0.538. The highest BCUT2D eigenvalue weighted by Gasteiger charge is 2.13. The van der Waals surface area contributed by atoms with Gasteiger partial charge in [-0.25, -0.2) is 0 Å². The molecule has 1 rings (SSSR count). The molecule has 1 aliphatic rings. The van der Waals surface area contributed by atoms with Gasteiger partial charge in [0.05, 0.1) is 0 Å². The summed E-state index contributed by atoms with van der Waals surface area (Å²) in [6.45, 7) is 11.5. The average molecular weight is 206 g/mol. The summed E-state index contributed by atoms with van der Waals surface area (Å²) in [6, 6.07) is 0. The molecule has 1 saturated heterocycles. The molecule has 0 atom stereocenters. The van der Waals surface area contributed by atoms with E-state index in [2.05, 4.69) is 48.6 Å². The summed E-state index contributed by atoms with van der Waals surface area (Å²) in [7, 11) is 2.18. The molecular formula is C13H22N2. The van der Waals surface area contributed by atoms with Crippen LogP contribution in [0.2, 0.25) is 0 Å². The maximum atomic E-state index is 3.75. The van der Waals surface area contributed by atoms with Crippen molar-refractivity contribution in [1.29, 1.82) is 0 Å². The first-order valence-electron chi connectivity index (χ1n) is 5.61. The van der Waals surface area contributed by atoms with Crippen molar-refractivity contribution in [3.8, 4) is 0 Å². The first kappa shape index (κ1) is 12.2. The van der Waals surface area contributed by atoms with Crippen LogP contribution in [0.5, 0.6) is 0 Å². The van der Waals surface area contributed by atoms with E-state index in [1.54, 1.807) is 0 Å². The predicted molar refractivity (Wildman–Crippen MR) is 67.0 cm³/mol. The zero-order valence-electron chi connectivity index (χ0n) is 9.95. The van der Waals surface area contributed by atoms with Crippen LogP contribution in [0.3, 0.4) is 0 Å². The number of likely N-dealkylation sites (N-methyl/N-ethyl adjacent to an activating group) is 1. The minimum absolute atomic E-state index is 1.05. The van der Waals surface area contributed by atoms with Crippen molar-refractivity contribution in [3.63, 3.8) is 0 Å². The Morgan fingerprint density at radius 2 is 1.93 bits per heavy atom. The largest absolute Gasteiger partial charge is 0.304 e. The maximum Gasteiger partial charge on any atom is 0.0234 e. The van der Waals surface area contributed by atoms with Gasteiger partial charge in [0.1, 0.15) is 0 Å². The number of hydrogen-bond donors (Lipinski definition) is 0. The molecule has 0 aromatic heterocycles. The Morgan fingerprint density at radius 3 is 2.47 bits per heavy atom. The standard InChI is InChI=1S/C13H22N2/c1-4-6-13(7-5-2)12-15-10-8-14(3)9-11-15/h4-7H,1,8-12H2,2-3H3/b7-5-,13-6+. The van der Waals surface area contributed by atoms with Crippen LogP contribution < -0.4 is 0 Å². The first-order valence-corrected chi connectivity index (χ1v) is 5.61.